The zero-order valence-corrected chi connectivity index (χ0v) is 16.9. The predicted octanol–water partition coefficient (Wildman–Crippen LogP) is 4.29. The maximum atomic E-state index is 13.0. The first-order valence-electron chi connectivity index (χ1n) is 9.56. The predicted molar refractivity (Wildman–Crippen MR) is 118 cm³/mol. The van der Waals surface area contributed by atoms with Gasteiger partial charge in [0.15, 0.2) is 11.5 Å². The number of aromatic nitrogens is 1. The van der Waals surface area contributed by atoms with Crippen molar-refractivity contribution in [1.29, 1.82) is 0 Å². The van der Waals surface area contributed by atoms with E-state index in [0.717, 1.165) is 22.1 Å². The number of benzene rings is 2. The van der Waals surface area contributed by atoms with Crippen LogP contribution in [-0.2, 0) is 6.54 Å². The Hall–Kier alpha value is -3.58. The minimum Gasteiger partial charge on any atom is -0.504 e. The molecule has 1 amide bonds. The van der Waals surface area contributed by atoms with Gasteiger partial charge in [0.25, 0.3) is 5.91 Å². The fraction of sp³-hybridized carbons (Fsp3) is 0.130. The van der Waals surface area contributed by atoms with Crippen molar-refractivity contribution in [2.75, 3.05) is 18.9 Å². The number of carbonyl (C=O) groups is 1. The molecule has 1 aliphatic heterocycles. The molecule has 4 aromatic rings. The Morgan fingerprint density at radius 2 is 2.07 bits per heavy atom. The van der Waals surface area contributed by atoms with Crippen LogP contribution in [0.4, 0.5) is 5.82 Å². The smallest absolute Gasteiger partial charge is 0.254 e. The van der Waals surface area contributed by atoms with Crippen molar-refractivity contribution in [2.45, 2.75) is 6.54 Å². The Kier molecular flexibility index (Phi) is 4.52. The second-order valence-electron chi connectivity index (χ2n) is 7.17. The van der Waals surface area contributed by atoms with Gasteiger partial charge in [-0.1, -0.05) is 18.2 Å². The zero-order chi connectivity index (χ0) is 20.7. The summed E-state index contributed by atoms with van der Waals surface area (Å²) < 4.78 is 6.99. The fourth-order valence-corrected chi connectivity index (χ4v) is 4.76. The fourth-order valence-electron chi connectivity index (χ4n) is 3.79. The molecular weight excluding hydrogens is 398 g/mol. The number of aromatic hydroxyl groups is 1. The van der Waals surface area contributed by atoms with Gasteiger partial charge in [0, 0.05) is 39.5 Å². The molecule has 1 aliphatic rings. The number of amides is 1. The Morgan fingerprint density at radius 1 is 1.20 bits per heavy atom. The average molecular weight is 417 g/mol. The molecule has 0 unspecified atom stereocenters. The first-order valence-corrected chi connectivity index (χ1v) is 10.4. The Balaban J connectivity index is 1.53. The van der Waals surface area contributed by atoms with Crippen molar-refractivity contribution in [1.82, 2.24) is 9.88 Å². The standard InChI is InChI=1S/C23H19N3O3S/c24-21-11-14(5-6-25-21)23(28)26-7-8-29-22-16(12-26)9-15(10-19(22)27)18-13-30-20-4-2-1-3-17(18)20/h1-6,9-11,13,27H,7-8,12H2,(H2,24,25). The van der Waals surface area contributed by atoms with Crippen LogP contribution < -0.4 is 10.5 Å². The van der Waals surface area contributed by atoms with Crippen LogP contribution in [0.5, 0.6) is 11.5 Å². The van der Waals surface area contributed by atoms with E-state index in [1.807, 2.05) is 18.2 Å². The molecule has 0 aliphatic carbocycles. The highest BCUT2D eigenvalue weighted by molar-refractivity contribution is 7.17. The topological polar surface area (TPSA) is 88.7 Å². The number of carbonyl (C=O) groups excluding carboxylic acids is 1. The van der Waals surface area contributed by atoms with E-state index in [9.17, 15) is 9.90 Å². The van der Waals surface area contributed by atoms with Crippen molar-refractivity contribution < 1.29 is 14.6 Å². The molecule has 0 saturated heterocycles. The van der Waals surface area contributed by atoms with Crippen LogP contribution in [0.2, 0.25) is 0 Å². The number of nitrogens with zero attached hydrogens (tertiary/aromatic N) is 2. The largest absolute Gasteiger partial charge is 0.504 e. The number of anilines is 1. The molecule has 5 rings (SSSR count). The summed E-state index contributed by atoms with van der Waals surface area (Å²) in [6, 6.07) is 15.1. The van der Waals surface area contributed by atoms with Crippen LogP contribution in [0.25, 0.3) is 21.2 Å². The van der Waals surface area contributed by atoms with Gasteiger partial charge in [0.1, 0.15) is 12.4 Å². The second-order valence-corrected chi connectivity index (χ2v) is 8.08. The minimum atomic E-state index is -0.147. The lowest BCUT2D eigenvalue weighted by atomic mass is 10.0. The number of nitrogens with two attached hydrogens (primary N) is 1. The summed E-state index contributed by atoms with van der Waals surface area (Å²) in [7, 11) is 0. The first-order chi connectivity index (χ1) is 14.6. The van der Waals surface area contributed by atoms with Crippen molar-refractivity contribution >= 4 is 33.1 Å². The molecule has 3 N–H and O–H groups in total. The van der Waals surface area contributed by atoms with Gasteiger partial charge in [0.05, 0.1) is 6.54 Å². The summed E-state index contributed by atoms with van der Waals surface area (Å²) in [6.45, 7) is 1.04. The van der Waals surface area contributed by atoms with E-state index in [2.05, 4.69) is 22.5 Å². The summed E-state index contributed by atoms with van der Waals surface area (Å²) in [5.74, 6) is 0.672. The summed E-state index contributed by atoms with van der Waals surface area (Å²) >= 11 is 1.67. The van der Waals surface area contributed by atoms with E-state index in [4.69, 9.17) is 10.5 Å². The maximum absolute atomic E-state index is 13.0. The van der Waals surface area contributed by atoms with Gasteiger partial charge in [-0.2, -0.15) is 0 Å². The molecule has 0 saturated carbocycles. The van der Waals surface area contributed by atoms with Gasteiger partial charge in [-0.3, -0.25) is 4.79 Å². The Labute approximate surface area is 177 Å². The molecule has 6 nitrogen and oxygen atoms in total. The normalized spacial score (nSPS) is 13.5. The van der Waals surface area contributed by atoms with Gasteiger partial charge in [0.2, 0.25) is 0 Å². The number of thiophene rings is 1. The van der Waals surface area contributed by atoms with E-state index in [0.29, 0.717) is 36.8 Å². The number of rotatable bonds is 2. The number of pyridine rings is 1. The molecule has 2 aromatic heterocycles. The second kappa shape index (κ2) is 7.35. The minimum absolute atomic E-state index is 0.0836. The number of phenols is 1. The van der Waals surface area contributed by atoms with Crippen LogP contribution in [-0.4, -0.2) is 34.0 Å². The molecule has 3 heterocycles. The average Bonchev–Trinajstić information content (AvgIpc) is 3.06. The third kappa shape index (κ3) is 3.23. The molecule has 150 valence electrons. The molecule has 0 radical (unpaired) electrons. The van der Waals surface area contributed by atoms with Crippen LogP contribution in [0.15, 0.2) is 60.1 Å². The highest BCUT2D eigenvalue weighted by atomic mass is 32.1. The van der Waals surface area contributed by atoms with Crippen molar-refractivity contribution in [3.63, 3.8) is 0 Å². The summed E-state index contributed by atoms with van der Waals surface area (Å²) in [6.07, 6.45) is 1.52. The third-order valence-electron chi connectivity index (χ3n) is 5.22. The lowest BCUT2D eigenvalue weighted by molar-refractivity contribution is 0.0733. The van der Waals surface area contributed by atoms with Crippen LogP contribution in [0, 0.1) is 0 Å². The van der Waals surface area contributed by atoms with E-state index in [1.165, 1.54) is 10.9 Å². The van der Waals surface area contributed by atoms with Crippen molar-refractivity contribution in [2.24, 2.45) is 0 Å². The first kappa shape index (κ1) is 18.4. The molecule has 0 bridgehead atoms. The summed E-state index contributed by atoms with van der Waals surface area (Å²) in [5.41, 5.74) is 8.94. The summed E-state index contributed by atoms with van der Waals surface area (Å²) in [4.78, 5) is 18.7. The monoisotopic (exact) mass is 417 g/mol. The maximum Gasteiger partial charge on any atom is 0.254 e. The SMILES string of the molecule is Nc1cc(C(=O)N2CCOc3c(O)cc(-c4csc5ccccc45)cc3C2)ccn1. The van der Waals surface area contributed by atoms with Crippen LogP contribution in [0.3, 0.4) is 0 Å². The zero-order valence-electron chi connectivity index (χ0n) is 16.0. The molecular formula is C23H19N3O3S. The number of fused-ring (bicyclic) bond motifs is 2. The highest BCUT2D eigenvalue weighted by Crippen LogP contribution is 2.41. The lowest BCUT2D eigenvalue weighted by Gasteiger charge is -2.20. The van der Waals surface area contributed by atoms with E-state index in [1.54, 1.807) is 34.4 Å². The number of hydrogen-bond donors (Lipinski definition) is 2. The number of nitrogen functional groups attached to an aromatic ring is 1. The quantitative estimate of drug-likeness (QED) is 0.508. The molecule has 0 atom stereocenters. The lowest BCUT2D eigenvalue weighted by Crippen LogP contribution is -2.32. The molecule has 7 heteroatoms. The van der Waals surface area contributed by atoms with E-state index < -0.39 is 0 Å². The van der Waals surface area contributed by atoms with Crippen molar-refractivity contribution in [3.05, 3.63) is 71.2 Å². The molecule has 0 fully saturated rings. The molecule has 0 spiro atoms. The Bertz CT molecular complexity index is 1270. The number of phenolic OH excluding ortho intramolecular Hbond substituents is 1. The Morgan fingerprint density at radius 3 is 2.93 bits per heavy atom. The van der Waals surface area contributed by atoms with Crippen molar-refractivity contribution in [3.8, 4) is 22.6 Å². The van der Waals surface area contributed by atoms with Crippen LogP contribution >= 0.6 is 11.3 Å². The van der Waals surface area contributed by atoms with Gasteiger partial charge in [-0.15, -0.1) is 11.3 Å². The number of ether oxygens (including phenoxy) is 1. The molecule has 30 heavy (non-hydrogen) atoms. The van der Waals surface area contributed by atoms with E-state index in [-0.39, 0.29) is 11.7 Å². The van der Waals surface area contributed by atoms with Gasteiger partial charge in [-0.05, 0) is 41.3 Å². The molecule has 2 aromatic carbocycles. The number of hydrogen-bond acceptors (Lipinski definition) is 6. The third-order valence-corrected chi connectivity index (χ3v) is 6.19. The summed E-state index contributed by atoms with van der Waals surface area (Å²) in [5, 5.41) is 13.9. The highest BCUT2D eigenvalue weighted by Gasteiger charge is 2.24. The van der Waals surface area contributed by atoms with E-state index >= 15 is 0 Å². The van der Waals surface area contributed by atoms with Crippen LogP contribution in [0.1, 0.15) is 15.9 Å². The van der Waals surface area contributed by atoms with Gasteiger partial charge < -0.3 is 20.5 Å². The van der Waals surface area contributed by atoms with Gasteiger partial charge >= 0.3 is 0 Å². The van der Waals surface area contributed by atoms with Gasteiger partial charge in [-0.25, -0.2) is 4.98 Å².